The van der Waals surface area contributed by atoms with Gasteiger partial charge in [0.05, 0.1) is 11.1 Å². The van der Waals surface area contributed by atoms with Crippen LogP contribution >= 0.6 is 15.9 Å². The molecule has 2 aromatic rings. The molecule has 0 aliphatic carbocycles. The van der Waals surface area contributed by atoms with Crippen LogP contribution in [0.2, 0.25) is 0 Å². The van der Waals surface area contributed by atoms with Gasteiger partial charge in [-0.15, -0.1) is 0 Å². The number of rotatable bonds is 3. The normalized spacial score (nSPS) is 9.68. The second-order valence-corrected chi connectivity index (χ2v) is 4.60. The second-order valence-electron chi connectivity index (χ2n) is 3.68. The molecule has 0 radical (unpaired) electrons. The van der Waals surface area contributed by atoms with Crippen LogP contribution < -0.4 is 4.74 Å². The lowest BCUT2D eigenvalue weighted by molar-refractivity contribution is 0.0697. The number of hydrogen-bond acceptors (Lipinski definition) is 3. The average molecular weight is 318 g/mol. The van der Waals surface area contributed by atoms with Crippen LogP contribution in [0.5, 0.6) is 11.5 Å². The molecule has 0 fully saturated rings. The van der Waals surface area contributed by atoms with Crippen molar-refractivity contribution in [3.8, 4) is 17.6 Å². The summed E-state index contributed by atoms with van der Waals surface area (Å²) in [5.41, 5.74) is 0.238. The number of carboxylic acid groups (broad SMARTS) is 1. The van der Waals surface area contributed by atoms with E-state index < -0.39 is 5.97 Å². The number of halogens is 1. The number of carbonyl (C=O) groups is 1. The number of hydrogen-bond donors (Lipinski definition) is 1. The van der Waals surface area contributed by atoms with Crippen LogP contribution in [0.15, 0.2) is 46.9 Å². The van der Waals surface area contributed by atoms with Crippen LogP contribution in [0.4, 0.5) is 0 Å². The third-order valence-electron chi connectivity index (χ3n) is 2.39. The summed E-state index contributed by atoms with van der Waals surface area (Å²) in [6.07, 6.45) is 0. The first-order chi connectivity index (χ1) is 9.10. The van der Waals surface area contributed by atoms with Gasteiger partial charge in [-0.05, 0) is 42.5 Å². The molecule has 0 aliphatic heterocycles. The quantitative estimate of drug-likeness (QED) is 0.934. The largest absolute Gasteiger partial charge is 0.478 e. The molecule has 0 saturated carbocycles. The Hall–Kier alpha value is -2.32. The minimum Gasteiger partial charge on any atom is -0.478 e. The van der Waals surface area contributed by atoms with Crippen molar-refractivity contribution >= 4 is 21.9 Å². The van der Waals surface area contributed by atoms with Gasteiger partial charge in [0.25, 0.3) is 0 Å². The number of aromatic carboxylic acids is 1. The number of ether oxygens (including phenoxy) is 1. The Morgan fingerprint density at radius 3 is 2.47 bits per heavy atom. The molecule has 0 bridgehead atoms. The smallest absolute Gasteiger partial charge is 0.335 e. The van der Waals surface area contributed by atoms with Crippen LogP contribution in [0.1, 0.15) is 15.9 Å². The first kappa shape index (κ1) is 13.1. The molecule has 1 N–H and O–H groups in total. The van der Waals surface area contributed by atoms with Crippen molar-refractivity contribution in [2.75, 3.05) is 0 Å². The third kappa shape index (κ3) is 3.12. The van der Waals surface area contributed by atoms with E-state index >= 15 is 0 Å². The Kier molecular flexibility index (Phi) is 3.83. The van der Waals surface area contributed by atoms with Crippen LogP contribution in [0, 0.1) is 11.3 Å². The van der Waals surface area contributed by atoms with Crippen LogP contribution in [-0.4, -0.2) is 11.1 Å². The van der Waals surface area contributed by atoms with E-state index in [2.05, 4.69) is 15.9 Å². The second kappa shape index (κ2) is 5.55. The van der Waals surface area contributed by atoms with E-state index in [-0.39, 0.29) is 11.1 Å². The summed E-state index contributed by atoms with van der Waals surface area (Å²) < 4.78 is 6.47. The van der Waals surface area contributed by atoms with Crippen molar-refractivity contribution < 1.29 is 14.6 Å². The highest BCUT2D eigenvalue weighted by atomic mass is 79.9. The molecule has 4 nitrogen and oxygen atoms in total. The molecule has 0 amide bonds. The maximum atomic E-state index is 10.8. The molecule has 0 spiro atoms. The van der Waals surface area contributed by atoms with Crippen molar-refractivity contribution in [3.05, 3.63) is 58.1 Å². The number of nitriles is 1. The van der Waals surface area contributed by atoms with E-state index in [1.807, 2.05) is 18.2 Å². The summed E-state index contributed by atoms with van der Waals surface area (Å²) >= 11 is 3.31. The standard InChI is InChI=1S/C14H8BrNO3/c15-11-2-4-12(5-3-11)19-13-6-1-9(14(17)18)7-10(13)8-16/h1-7H,(H,17,18). The van der Waals surface area contributed by atoms with Crippen molar-refractivity contribution in [3.63, 3.8) is 0 Å². The van der Waals surface area contributed by atoms with Gasteiger partial charge in [-0.1, -0.05) is 15.9 Å². The maximum Gasteiger partial charge on any atom is 0.335 e. The Balaban J connectivity index is 2.33. The lowest BCUT2D eigenvalue weighted by Crippen LogP contribution is -1.97. The lowest BCUT2D eigenvalue weighted by Gasteiger charge is -2.08. The van der Waals surface area contributed by atoms with Gasteiger partial charge in [-0.3, -0.25) is 0 Å². The monoisotopic (exact) mass is 317 g/mol. The van der Waals surface area contributed by atoms with Gasteiger partial charge in [0.1, 0.15) is 17.6 Å². The van der Waals surface area contributed by atoms with Gasteiger partial charge >= 0.3 is 5.97 Å². The summed E-state index contributed by atoms with van der Waals surface area (Å²) in [6.45, 7) is 0. The average Bonchev–Trinajstić information content (AvgIpc) is 2.41. The summed E-state index contributed by atoms with van der Waals surface area (Å²) in [6, 6.07) is 13.2. The van der Waals surface area contributed by atoms with Crippen molar-refractivity contribution in [1.82, 2.24) is 0 Å². The lowest BCUT2D eigenvalue weighted by atomic mass is 10.1. The summed E-state index contributed by atoms with van der Waals surface area (Å²) in [5.74, 6) is -0.177. The predicted octanol–water partition coefficient (Wildman–Crippen LogP) is 3.81. The van der Waals surface area contributed by atoms with Crippen LogP contribution in [0.25, 0.3) is 0 Å². The van der Waals surface area contributed by atoms with E-state index in [9.17, 15) is 4.79 Å². The molecule has 0 aliphatic rings. The molecule has 5 heteroatoms. The minimum atomic E-state index is -1.08. The van der Waals surface area contributed by atoms with E-state index in [1.54, 1.807) is 12.1 Å². The van der Waals surface area contributed by atoms with Gasteiger partial charge in [-0.2, -0.15) is 5.26 Å². The van der Waals surface area contributed by atoms with Crippen molar-refractivity contribution in [2.45, 2.75) is 0 Å². The molecule has 0 aromatic heterocycles. The summed E-state index contributed by atoms with van der Waals surface area (Å²) in [5, 5.41) is 17.9. The predicted molar refractivity (Wildman–Crippen MR) is 72.3 cm³/mol. The fourth-order valence-electron chi connectivity index (χ4n) is 1.47. The molecule has 0 unspecified atom stereocenters. The number of benzene rings is 2. The maximum absolute atomic E-state index is 10.8. The van der Waals surface area contributed by atoms with Gasteiger partial charge in [-0.25, -0.2) is 4.79 Å². The zero-order valence-corrected chi connectivity index (χ0v) is 11.2. The number of nitrogens with zero attached hydrogens (tertiary/aromatic N) is 1. The molecule has 0 saturated heterocycles. The molecule has 2 rings (SSSR count). The molecule has 0 heterocycles. The van der Waals surface area contributed by atoms with Crippen LogP contribution in [0.3, 0.4) is 0 Å². The molecule has 0 atom stereocenters. The fourth-order valence-corrected chi connectivity index (χ4v) is 1.73. The summed E-state index contributed by atoms with van der Waals surface area (Å²) in [4.78, 5) is 10.8. The van der Waals surface area contributed by atoms with E-state index in [4.69, 9.17) is 15.1 Å². The van der Waals surface area contributed by atoms with Crippen molar-refractivity contribution in [1.29, 1.82) is 5.26 Å². The van der Waals surface area contributed by atoms with Gasteiger partial charge in [0, 0.05) is 4.47 Å². The molecular formula is C14H8BrNO3. The van der Waals surface area contributed by atoms with E-state index in [0.717, 1.165) is 4.47 Å². The Morgan fingerprint density at radius 1 is 1.21 bits per heavy atom. The van der Waals surface area contributed by atoms with Crippen LogP contribution in [-0.2, 0) is 0 Å². The zero-order valence-electron chi connectivity index (χ0n) is 9.63. The molecule has 19 heavy (non-hydrogen) atoms. The summed E-state index contributed by atoms with van der Waals surface area (Å²) in [7, 11) is 0. The van der Waals surface area contributed by atoms with Gasteiger partial charge in [0.2, 0.25) is 0 Å². The topological polar surface area (TPSA) is 70.3 Å². The zero-order chi connectivity index (χ0) is 13.8. The fraction of sp³-hybridized carbons (Fsp3) is 0. The van der Waals surface area contributed by atoms with Crippen molar-refractivity contribution in [2.24, 2.45) is 0 Å². The van der Waals surface area contributed by atoms with E-state index in [1.165, 1.54) is 18.2 Å². The minimum absolute atomic E-state index is 0.0553. The molecule has 2 aromatic carbocycles. The van der Waals surface area contributed by atoms with E-state index in [0.29, 0.717) is 11.5 Å². The molecule has 94 valence electrons. The third-order valence-corrected chi connectivity index (χ3v) is 2.92. The van der Waals surface area contributed by atoms with Gasteiger partial charge in [0.15, 0.2) is 0 Å². The molecular weight excluding hydrogens is 310 g/mol. The number of carboxylic acids is 1. The first-order valence-electron chi connectivity index (χ1n) is 5.31. The first-order valence-corrected chi connectivity index (χ1v) is 6.10. The highest BCUT2D eigenvalue weighted by Gasteiger charge is 2.09. The SMILES string of the molecule is N#Cc1cc(C(=O)O)ccc1Oc1ccc(Br)cc1. The Morgan fingerprint density at radius 2 is 1.89 bits per heavy atom. The Bertz CT molecular complexity index is 659. The highest BCUT2D eigenvalue weighted by Crippen LogP contribution is 2.27. The highest BCUT2D eigenvalue weighted by molar-refractivity contribution is 9.10. The Labute approximate surface area is 118 Å². The van der Waals surface area contributed by atoms with Gasteiger partial charge < -0.3 is 9.84 Å².